The molecule has 4 nitrogen and oxygen atoms in total. The molecule has 0 aliphatic carbocycles. The molecule has 2 N–H and O–H groups in total. The van der Waals surface area contributed by atoms with E-state index >= 15 is 0 Å². The summed E-state index contributed by atoms with van der Waals surface area (Å²) in [6, 6.07) is 0.216. The lowest BCUT2D eigenvalue weighted by Crippen LogP contribution is -2.36. The molecule has 15 heavy (non-hydrogen) atoms. The highest BCUT2D eigenvalue weighted by Crippen LogP contribution is 2.02. The summed E-state index contributed by atoms with van der Waals surface area (Å²) in [5.74, 6) is 0.132. The molecule has 4 heteroatoms. The number of hydrogen-bond donors (Lipinski definition) is 1. The van der Waals surface area contributed by atoms with Gasteiger partial charge in [-0.3, -0.25) is 4.79 Å². The van der Waals surface area contributed by atoms with Crippen molar-refractivity contribution in [2.45, 2.75) is 39.2 Å². The molecule has 0 fully saturated rings. The molecular formula is C11H24N2O2. The monoisotopic (exact) mass is 216 g/mol. The van der Waals surface area contributed by atoms with Crippen molar-refractivity contribution in [1.29, 1.82) is 0 Å². The minimum atomic E-state index is 0.132. The Morgan fingerprint density at radius 2 is 2.13 bits per heavy atom. The van der Waals surface area contributed by atoms with Crippen LogP contribution in [0.25, 0.3) is 0 Å². The molecule has 0 rings (SSSR count). The van der Waals surface area contributed by atoms with E-state index in [9.17, 15) is 4.79 Å². The molecule has 0 aromatic carbocycles. The first kappa shape index (κ1) is 14.4. The molecule has 0 aromatic heterocycles. The summed E-state index contributed by atoms with van der Waals surface area (Å²) >= 11 is 0. The summed E-state index contributed by atoms with van der Waals surface area (Å²) in [5, 5.41) is 0. The molecule has 0 bridgehead atoms. The number of nitrogens with zero attached hydrogens (tertiary/aromatic N) is 1. The lowest BCUT2D eigenvalue weighted by atomic mass is 10.2. The average molecular weight is 216 g/mol. The van der Waals surface area contributed by atoms with Gasteiger partial charge in [0.25, 0.3) is 0 Å². The van der Waals surface area contributed by atoms with Crippen LogP contribution in [0.5, 0.6) is 0 Å². The highest BCUT2D eigenvalue weighted by atomic mass is 16.5. The zero-order chi connectivity index (χ0) is 11.7. The molecule has 0 aliphatic rings. The van der Waals surface area contributed by atoms with Crippen LogP contribution in [0.1, 0.15) is 33.1 Å². The van der Waals surface area contributed by atoms with Gasteiger partial charge in [-0.2, -0.15) is 0 Å². The Labute approximate surface area is 92.8 Å². The van der Waals surface area contributed by atoms with Gasteiger partial charge < -0.3 is 15.4 Å². The van der Waals surface area contributed by atoms with Gasteiger partial charge in [-0.05, 0) is 26.3 Å². The Kier molecular flexibility index (Phi) is 8.33. The van der Waals surface area contributed by atoms with Crippen LogP contribution >= 0.6 is 0 Å². The molecule has 90 valence electrons. The number of ether oxygens (including phenoxy) is 1. The number of nitrogens with two attached hydrogens (primary N) is 1. The Morgan fingerprint density at radius 3 is 2.67 bits per heavy atom. The van der Waals surface area contributed by atoms with Crippen molar-refractivity contribution in [3.8, 4) is 0 Å². The second-order valence-electron chi connectivity index (χ2n) is 3.79. The van der Waals surface area contributed by atoms with Crippen molar-refractivity contribution >= 4 is 5.91 Å². The SMILES string of the molecule is CCCOCCC(=O)N(C)C(C)CCN. The van der Waals surface area contributed by atoms with Crippen molar-refractivity contribution in [2.24, 2.45) is 5.73 Å². The Morgan fingerprint density at radius 1 is 1.47 bits per heavy atom. The summed E-state index contributed by atoms with van der Waals surface area (Å²) in [5.41, 5.74) is 5.44. The van der Waals surface area contributed by atoms with Crippen LogP contribution in [0.2, 0.25) is 0 Å². The number of amides is 1. The average Bonchev–Trinajstić information content (AvgIpc) is 2.23. The maximum atomic E-state index is 11.6. The second-order valence-corrected chi connectivity index (χ2v) is 3.79. The minimum Gasteiger partial charge on any atom is -0.381 e. The van der Waals surface area contributed by atoms with Gasteiger partial charge in [0, 0.05) is 19.7 Å². The quantitative estimate of drug-likeness (QED) is 0.616. The van der Waals surface area contributed by atoms with Crippen LogP contribution in [0, 0.1) is 0 Å². The lowest BCUT2D eigenvalue weighted by Gasteiger charge is -2.24. The molecule has 1 amide bonds. The van der Waals surface area contributed by atoms with Crippen molar-refractivity contribution in [3.63, 3.8) is 0 Å². The maximum absolute atomic E-state index is 11.6. The topological polar surface area (TPSA) is 55.6 Å². The molecule has 0 spiro atoms. The zero-order valence-corrected chi connectivity index (χ0v) is 10.2. The van der Waals surface area contributed by atoms with Gasteiger partial charge in [-0.25, -0.2) is 0 Å². The summed E-state index contributed by atoms with van der Waals surface area (Å²) < 4.78 is 5.27. The Balaban J connectivity index is 3.68. The predicted octanol–water partition coefficient (Wildman–Crippen LogP) is 0.999. The molecular weight excluding hydrogens is 192 g/mol. The number of carbonyl (C=O) groups excluding carboxylic acids is 1. The molecule has 0 saturated carbocycles. The third kappa shape index (κ3) is 6.47. The summed E-state index contributed by atoms with van der Waals surface area (Å²) in [6.45, 7) is 5.93. The van der Waals surface area contributed by atoms with E-state index in [-0.39, 0.29) is 11.9 Å². The van der Waals surface area contributed by atoms with Gasteiger partial charge in [0.05, 0.1) is 13.0 Å². The van der Waals surface area contributed by atoms with Crippen LogP contribution < -0.4 is 5.73 Å². The van der Waals surface area contributed by atoms with Crippen molar-refractivity contribution < 1.29 is 9.53 Å². The summed E-state index contributed by atoms with van der Waals surface area (Å²) in [6.07, 6.45) is 2.30. The second kappa shape index (κ2) is 8.68. The van der Waals surface area contributed by atoms with Crippen LogP contribution in [0.15, 0.2) is 0 Å². The van der Waals surface area contributed by atoms with Gasteiger partial charge >= 0.3 is 0 Å². The molecule has 0 radical (unpaired) electrons. The van der Waals surface area contributed by atoms with E-state index in [1.54, 1.807) is 4.90 Å². The van der Waals surface area contributed by atoms with Crippen molar-refractivity contribution in [2.75, 3.05) is 26.8 Å². The first-order chi connectivity index (χ1) is 7.13. The van der Waals surface area contributed by atoms with Gasteiger partial charge in [0.15, 0.2) is 0 Å². The van der Waals surface area contributed by atoms with Crippen molar-refractivity contribution in [1.82, 2.24) is 4.90 Å². The van der Waals surface area contributed by atoms with Crippen LogP contribution in [-0.2, 0) is 9.53 Å². The van der Waals surface area contributed by atoms with E-state index in [0.29, 0.717) is 19.6 Å². The van der Waals surface area contributed by atoms with E-state index < -0.39 is 0 Å². The van der Waals surface area contributed by atoms with Crippen LogP contribution in [-0.4, -0.2) is 43.7 Å². The van der Waals surface area contributed by atoms with E-state index in [0.717, 1.165) is 19.4 Å². The Bertz CT molecular complexity index is 174. The summed E-state index contributed by atoms with van der Waals surface area (Å²) in [7, 11) is 1.82. The highest BCUT2D eigenvalue weighted by molar-refractivity contribution is 5.76. The molecule has 0 heterocycles. The van der Waals surface area contributed by atoms with Crippen LogP contribution in [0.4, 0.5) is 0 Å². The number of hydrogen-bond acceptors (Lipinski definition) is 3. The first-order valence-electron chi connectivity index (χ1n) is 5.67. The number of rotatable bonds is 8. The predicted molar refractivity (Wildman–Crippen MR) is 61.6 cm³/mol. The van der Waals surface area contributed by atoms with Gasteiger partial charge in [-0.1, -0.05) is 6.92 Å². The third-order valence-electron chi connectivity index (χ3n) is 2.45. The molecule has 1 unspecified atom stereocenters. The summed E-state index contributed by atoms with van der Waals surface area (Å²) in [4.78, 5) is 13.4. The fourth-order valence-corrected chi connectivity index (χ4v) is 1.26. The smallest absolute Gasteiger partial charge is 0.224 e. The van der Waals surface area contributed by atoms with E-state index in [1.807, 2.05) is 14.0 Å². The molecule has 0 saturated heterocycles. The van der Waals surface area contributed by atoms with Gasteiger partial charge in [0.1, 0.15) is 0 Å². The normalized spacial score (nSPS) is 12.5. The lowest BCUT2D eigenvalue weighted by molar-refractivity contribution is -0.132. The Hall–Kier alpha value is -0.610. The van der Waals surface area contributed by atoms with Gasteiger partial charge in [-0.15, -0.1) is 0 Å². The van der Waals surface area contributed by atoms with E-state index in [2.05, 4.69) is 6.92 Å². The van der Waals surface area contributed by atoms with E-state index in [4.69, 9.17) is 10.5 Å². The van der Waals surface area contributed by atoms with E-state index in [1.165, 1.54) is 0 Å². The molecule has 0 aliphatic heterocycles. The molecule has 0 aromatic rings. The largest absolute Gasteiger partial charge is 0.381 e. The highest BCUT2D eigenvalue weighted by Gasteiger charge is 2.14. The number of carbonyl (C=O) groups is 1. The standard InChI is InChI=1S/C11H24N2O2/c1-4-8-15-9-6-11(14)13(3)10(2)5-7-12/h10H,4-9,12H2,1-3H3. The minimum absolute atomic E-state index is 0.132. The van der Waals surface area contributed by atoms with Crippen molar-refractivity contribution in [3.05, 3.63) is 0 Å². The van der Waals surface area contributed by atoms with Gasteiger partial charge in [0.2, 0.25) is 5.91 Å². The fourth-order valence-electron chi connectivity index (χ4n) is 1.26. The maximum Gasteiger partial charge on any atom is 0.224 e. The first-order valence-corrected chi connectivity index (χ1v) is 5.67. The molecule has 1 atom stereocenters. The third-order valence-corrected chi connectivity index (χ3v) is 2.45. The van der Waals surface area contributed by atoms with Crippen LogP contribution in [0.3, 0.4) is 0 Å². The zero-order valence-electron chi connectivity index (χ0n) is 10.2. The fraction of sp³-hybridized carbons (Fsp3) is 0.909.